The van der Waals surface area contributed by atoms with Crippen molar-refractivity contribution in [3.8, 4) is 5.75 Å². The second kappa shape index (κ2) is 31.3. The maximum absolute atomic E-state index is 14.6. The molecule has 0 aromatic heterocycles. The summed E-state index contributed by atoms with van der Waals surface area (Å²) in [6.07, 6.45) is -9.20. The summed E-state index contributed by atoms with van der Waals surface area (Å²) in [5.74, 6) is -8.30. The van der Waals surface area contributed by atoms with Gasteiger partial charge in [0.2, 0.25) is 47.3 Å². The lowest BCUT2D eigenvalue weighted by atomic mass is 9.91. The zero-order valence-corrected chi connectivity index (χ0v) is 45.1. The van der Waals surface area contributed by atoms with E-state index in [1.807, 2.05) is 0 Å². The van der Waals surface area contributed by atoms with Crippen LogP contribution in [0.15, 0.2) is 24.3 Å². The Labute approximate surface area is 454 Å². The monoisotopic (exact) mass is 1110 g/mol. The SMILES string of the molecule is CCC(C)CC(C)CCCCCCCCC(=O)N[C@H]1C[C@@H](O)[C@@H](OCCN)NC(=O)[C@@H]2[C@@H](O)CCN2C(=O)[C@H]([C@H](O)CC(N)=O)NC(=O)[C@H]([C@H](O)[C@@H](O)c2ccc(O)cc2)NC(=O)[C@@H]2C[C@@H](O)CN2C(=O)[C@H]([C@@H](C)O)NC1=O. The summed E-state index contributed by atoms with van der Waals surface area (Å²) < 4.78 is 5.70. The van der Waals surface area contributed by atoms with Gasteiger partial charge < -0.3 is 93.4 Å². The van der Waals surface area contributed by atoms with Gasteiger partial charge >= 0.3 is 0 Å². The number of phenolic OH excluding ortho intramolecular Hbond substituents is 1. The molecule has 0 aliphatic carbocycles. The average Bonchev–Trinajstić information content (AvgIpc) is 4.01. The maximum Gasteiger partial charge on any atom is 0.248 e. The number of amides is 8. The van der Waals surface area contributed by atoms with Gasteiger partial charge in [-0.3, -0.25) is 38.4 Å². The van der Waals surface area contributed by atoms with Gasteiger partial charge in [-0.05, 0) is 55.7 Å². The summed E-state index contributed by atoms with van der Waals surface area (Å²) in [7, 11) is 0. The molecule has 3 heterocycles. The smallest absolute Gasteiger partial charge is 0.248 e. The van der Waals surface area contributed by atoms with Gasteiger partial charge in [-0.2, -0.15) is 0 Å². The van der Waals surface area contributed by atoms with E-state index in [0.717, 1.165) is 67.4 Å². The van der Waals surface area contributed by atoms with Crippen LogP contribution in [0.5, 0.6) is 5.75 Å². The molecule has 3 aliphatic heterocycles. The van der Waals surface area contributed by atoms with Crippen LogP contribution in [-0.4, -0.2) is 203 Å². The lowest BCUT2D eigenvalue weighted by Crippen LogP contribution is -2.64. The number of hydrogen-bond donors (Lipinski definition) is 15. The molecular weight excluding hydrogens is 1020 g/mol. The molecule has 26 nitrogen and oxygen atoms in total. The quantitative estimate of drug-likeness (QED) is 0.0476. The van der Waals surface area contributed by atoms with Gasteiger partial charge in [-0.15, -0.1) is 0 Å². The van der Waals surface area contributed by atoms with Crippen LogP contribution < -0.4 is 38.1 Å². The van der Waals surface area contributed by atoms with Crippen LogP contribution in [0.1, 0.15) is 129 Å². The predicted octanol–water partition coefficient (Wildman–Crippen LogP) is -3.36. The predicted molar refractivity (Wildman–Crippen MR) is 278 cm³/mol. The van der Waals surface area contributed by atoms with Gasteiger partial charge in [-0.1, -0.05) is 77.8 Å². The van der Waals surface area contributed by atoms with Gasteiger partial charge in [0, 0.05) is 38.9 Å². The second-order valence-corrected chi connectivity index (χ2v) is 21.2. The van der Waals surface area contributed by atoms with Crippen molar-refractivity contribution in [1.29, 1.82) is 0 Å². The molecule has 0 spiro atoms. The van der Waals surface area contributed by atoms with Crippen molar-refractivity contribution in [3.05, 3.63) is 29.8 Å². The van der Waals surface area contributed by atoms with E-state index in [9.17, 15) is 79.2 Å². The van der Waals surface area contributed by atoms with Gasteiger partial charge in [0.05, 0.1) is 37.4 Å². The number of fused-ring (bicyclic) bond motifs is 2. The van der Waals surface area contributed by atoms with Crippen molar-refractivity contribution in [2.24, 2.45) is 23.3 Å². The Morgan fingerprint density at radius 2 is 1.37 bits per heavy atom. The van der Waals surface area contributed by atoms with Gasteiger partial charge in [0.25, 0.3) is 0 Å². The van der Waals surface area contributed by atoms with E-state index < -0.39 is 165 Å². The van der Waals surface area contributed by atoms with Crippen LogP contribution >= 0.6 is 0 Å². The number of hydrogen-bond acceptors (Lipinski definition) is 18. The second-order valence-electron chi connectivity index (χ2n) is 21.2. The summed E-state index contributed by atoms with van der Waals surface area (Å²) in [5, 5.41) is 101. The molecule has 0 bridgehead atoms. The lowest BCUT2D eigenvalue weighted by Gasteiger charge is -2.34. The highest BCUT2D eigenvalue weighted by atomic mass is 16.5. The zero-order chi connectivity index (χ0) is 58.0. The molecule has 16 atom stereocenters. The minimum atomic E-state index is -2.36. The topological polar surface area (TPSA) is 426 Å². The van der Waals surface area contributed by atoms with E-state index in [1.165, 1.54) is 18.6 Å². The van der Waals surface area contributed by atoms with Crippen LogP contribution in [0.3, 0.4) is 0 Å². The normalized spacial score (nSPS) is 28.4. The number of primary amides is 1. The van der Waals surface area contributed by atoms with Crippen LogP contribution in [0.4, 0.5) is 0 Å². The van der Waals surface area contributed by atoms with E-state index in [2.05, 4.69) is 47.4 Å². The third kappa shape index (κ3) is 18.8. The number of nitrogens with zero attached hydrogens (tertiary/aromatic N) is 2. The van der Waals surface area contributed by atoms with E-state index >= 15 is 0 Å². The number of aliphatic hydroxyl groups is 7. The van der Waals surface area contributed by atoms with E-state index in [1.54, 1.807) is 0 Å². The van der Waals surface area contributed by atoms with Crippen molar-refractivity contribution in [2.75, 3.05) is 26.2 Å². The fourth-order valence-electron chi connectivity index (χ4n) is 10.1. The molecular formula is C52H85N9O17. The maximum atomic E-state index is 14.6. The average molecular weight is 1110 g/mol. The first-order valence-corrected chi connectivity index (χ1v) is 27.2. The number of aliphatic hydroxyl groups excluding tert-OH is 7. The Kier molecular flexibility index (Phi) is 26.0. The summed E-state index contributed by atoms with van der Waals surface area (Å²) >= 11 is 0. The van der Waals surface area contributed by atoms with Crippen molar-refractivity contribution in [2.45, 2.75) is 203 Å². The highest BCUT2D eigenvalue weighted by Gasteiger charge is 2.49. The number of ether oxygens (including phenoxy) is 1. The molecule has 4 rings (SSSR count). The van der Waals surface area contributed by atoms with Gasteiger partial charge in [-0.25, -0.2) is 0 Å². The number of nitrogens with two attached hydrogens (primary N) is 2. The van der Waals surface area contributed by atoms with Crippen LogP contribution in [0, 0.1) is 11.8 Å². The minimum Gasteiger partial charge on any atom is -0.508 e. The number of carbonyl (C=O) groups is 8. The molecule has 0 radical (unpaired) electrons. The van der Waals surface area contributed by atoms with E-state index in [4.69, 9.17) is 16.2 Å². The first-order valence-electron chi connectivity index (χ1n) is 27.2. The summed E-state index contributed by atoms with van der Waals surface area (Å²) in [6, 6.07) is -7.20. The molecule has 26 heteroatoms. The Hall–Kier alpha value is -5.58. The molecule has 3 aliphatic rings. The van der Waals surface area contributed by atoms with Crippen molar-refractivity contribution >= 4 is 47.3 Å². The largest absolute Gasteiger partial charge is 0.508 e. The highest BCUT2D eigenvalue weighted by molar-refractivity contribution is 5.98. The molecule has 3 fully saturated rings. The summed E-state index contributed by atoms with van der Waals surface area (Å²) in [5.41, 5.74) is 11.0. The lowest BCUT2D eigenvalue weighted by molar-refractivity contribution is -0.150. The third-order valence-corrected chi connectivity index (χ3v) is 14.7. The Morgan fingerprint density at radius 1 is 0.756 bits per heavy atom. The zero-order valence-electron chi connectivity index (χ0n) is 45.1. The number of benzene rings is 1. The molecule has 1 aromatic carbocycles. The van der Waals surface area contributed by atoms with E-state index in [-0.39, 0.29) is 37.3 Å². The van der Waals surface area contributed by atoms with Crippen LogP contribution in [0.25, 0.3) is 0 Å². The summed E-state index contributed by atoms with van der Waals surface area (Å²) in [4.78, 5) is 114. The van der Waals surface area contributed by atoms with Crippen molar-refractivity contribution < 1.29 is 83.9 Å². The molecule has 0 saturated carbocycles. The number of carbonyl (C=O) groups excluding carboxylic acids is 8. The molecule has 78 heavy (non-hydrogen) atoms. The van der Waals surface area contributed by atoms with Crippen LogP contribution in [0.2, 0.25) is 0 Å². The number of aromatic hydroxyl groups is 1. The fraction of sp³-hybridized carbons (Fsp3) is 0.731. The fourth-order valence-corrected chi connectivity index (χ4v) is 10.1. The first-order chi connectivity index (χ1) is 36.9. The molecule has 2 unspecified atom stereocenters. The summed E-state index contributed by atoms with van der Waals surface area (Å²) in [6.45, 7) is 6.33. The number of rotatable bonds is 23. The number of unbranched alkanes of at least 4 members (excludes halogenated alkanes) is 5. The minimum absolute atomic E-state index is 0.0611. The third-order valence-electron chi connectivity index (χ3n) is 14.7. The van der Waals surface area contributed by atoms with E-state index in [0.29, 0.717) is 24.7 Å². The molecule has 17 N–H and O–H groups in total. The molecule has 3 saturated heterocycles. The van der Waals surface area contributed by atoms with Crippen LogP contribution in [-0.2, 0) is 43.1 Å². The Morgan fingerprint density at radius 3 is 2.00 bits per heavy atom. The highest BCUT2D eigenvalue weighted by Crippen LogP contribution is 2.27. The van der Waals surface area contributed by atoms with Gasteiger partial charge in [0.15, 0.2) is 6.23 Å². The Bertz CT molecular complexity index is 2160. The van der Waals surface area contributed by atoms with Crippen molar-refractivity contribution in [1.82, 2.24) is 36.4 Å². The number of nitrogens with one attached hydrogen (secondary N) is 5. The Balaban J connectivity index is 1.74. The standard InChI is InChI=1S/C52H85N9O17/c1-5-27(2)22-28(3)12-10-8-6-7-9-11-13-39(69)55-33-24-37(67)50(78-21-19-53)59-49(75)43-35(65)18-20-60(43)52(77)41(36(66)25-38(54)68)57-48(74)42(45(71)44(70)30-14-16-31(63)17-15-30)58-47(73)34-23-32(64)26-61(34)51(76)40(29(4)62)56-46(33)72/h14-17,27-29,32-37,40-45,50,62-67,70-71H,5-13,18-26,53H2,1-4H3,(H2,54,68)(H,55,69)(H,56,72)(H,57,74)(H,58,73)(H,59,75)/t27?,28?,29-,32-,33+,34+,35+,36-,37-,40+,41+,42+,43+,44+,45+,50-/m1/s1. The van der Waals surface area contributed by atoms with Crippen molar-refractivity contribution in [3.63, 3.8) is 0 Å². The molecule has 440 valence electrons. The molecule has 8 amide bonds. The molecule has 1 aromatic rings. The first kappa shape index (κ1) is 64.9. The van der Waals surface area contributed by atoms with Gasteiger partial charge in [0.1, 0.15) is 60.3 Å². The number of phenols is 1.